The fourth-order valence-corrected chi connectivity index (χ4v) is 3.81. The van der Waals surface area contributed by atoms with Gasteiger partial charge in [0.25, 0.3) is 17.2 Å². The van der Waals surface area contributed by atoms with Gasteiger partial charge in [0.05, 0.1) is 9.80 Å². The molecule has 2 heterocycles. The molecule has 2 N–H and O–H groups in total. The smallest absolute Gasteiger partial charge is 0.284 e. The lowest BCUT2D eigenvalue weighted by Gasteiger charge is -2.08. The summed E-state index contributed by atoms with van der Waals surface area (Å²) < 4.78 is 1.64. The maximum Gasteiger partial charge on any atom is 0.284 e. The predicted octanol–water partition coefficient (Wildman–Crippen LogP) is 2.46. The SMILES string of the molecule is CCn1nc(-c2cccc([N+](=O)[O-])c2)c2c(C)c(C(N)=O)sc2c1=O. The van der Waals surface area contributed by atoms with Gasteiger partial charge < -0.3 is 5.73 Å². The summed E-state index contributed by atoms with van der Waals surface area (Å²) in [5, 5.41) is 15.9. The lowest BCUT2D eigenvalue weighted by atomic mass is 10.0. The van der Waals surface area contributed by atoms with Crippen LogP contribution < -0.4 is 11.3 Å². The maximum absolute atomic E-state index is 12.6. The number of benzene rings is 1. The van der Waals surface area contributed by atoms with Gasteiger partial charge in [0.1, 0.15) is 10.4 Å². The minimum absolute atomic E-state index is 0.0790. The highest BCUT2D eigenvalue weighted by Gasteiger charge is 2.22. The Hall–Kier alpha value is -3.07. The van der Waals surface area contributed by atoms with E-state index in [1.54, 1.807) is 26.0 Å². The number of fused-ring (bicyclic) bond motifs is 1. The van der Waals surface area contributed by atoms with E-state index in [4.69, 9.17) is 5.73 Å². The van der Waals surface area contributed by atoms with Crippen molar-refractivity contribution in [3.8, 4) is 11.3 Å². The van der Waals surface area contributed by atoms with E-state index in [2.05, 4.69) is 5.10 Å². The van der Waals surface area contributed by atoms with E-state index in [-0.39, 0.29) is 16.1 Å². The monoisotopic (exact) mass is 358 g/mol. The van der Waals surface area contributed by atoms with E-state index < -0.39 is 10.8 Å². The quantitative estimate of drug-likeness (QED) is 0.567. The van der Waals surface area contributed by atoms with E-state index >= 15 is 0 Å². The number of rotatable bonds is 4. The van der Waals surface area contributed by atoms with E-state index in [1.807, 2.05) is 0 Å². The van der Waals surface area contributed by atoms with Gasteiger partial charge in [-0.05, 0) is 19.4 Å². The molecule has 0 spiro atoms. The maximum atomic E-state index is 12.6. The van der Waals surface area contributed by atoms with Crippen molar-refractivity contribution in [1.29, 1.82) is 0 Å². The topological polar surface area (TPSA) is 121 Å². The third kappa shape index (κ3) is 2.68. The molecule has 0 saturated carbocycles. The third-order valence-corrected chi connectivity index (χ3v) is 5.18. The van der Waals surface area contributed by atoms with Crippen LogP contribution in [0.25, 0.3) is 21.3 Å². The number of nitrogens with two attached hydrogens (primary N) is 1. The molecule has 25 heavy (non-hydrogen) atoms. The second-order valence-corrected chi connectivity index (χ2v) is 6.42. The molecule has 1 aromatic carbocycles. The number of thiophene rings is 1. The normalized spacial score (nSPS) is 11.0. The first-order valence-electron chi connectivity index (χ1n) is 7.44. The number of hydrogen-bond acceptors (Lipinski definition) is 6. The van der Waals surface area contributed by atoms with Gasteiger partial charge in [0.15, 0.2) is 0 Å². The number of carbonyl (C=O) groups excluding carboxylic acids is 1. The number of nitro benzene ring substituents is 1. The van der Waals surface area contributed by atoms with Crippen molar-refractivity contribution in [2.75, 3.05) is 0 Å². The lowest BCUT2D eigenvalue weighted by Crippen LogP contribution is -2.22. The largest absolute Gasteiger partial charge is 0.365 e. The minimum Gasteiger partial charge on any atom is -0.365 e. The summed E-state index contributed by atoms with van der Waals surface area (Å²) in [5.41, 5.74) is 6.49. The van der Waals surface area contributed by atoms with Crippen molar-refractivity contribution in [2.45, 2.75) is 20.4 Å². The Morgan fingerprint density at radius 3 is 2.76 bits per heavy atom. The summed E-state index contributed by atoms with van der Waals surface area (Å²) in [5.74, 6) is -0.619. The Morgan fingerprint density at radius 1 is 1.44 bits per heavy atom. The molecular weight excluding hydrogens is 344 g/mol. The molecule has 0 aliphatic heterocycles. The fraction of sp³-hybridized carbons (Fsp3) is 0.188. The van der Waals surface area contributed by atoms with Crippen LogP contribution in [0.2, 0.25) is 0 Å². The fourth-order valence-electron chi connectivity index (χ4n) is 2.70. The number of nitro groups is 1. The van der Waals surface area contributed by atoms with Crippen LogP contribution in [0, 0.1) is 17.0 Å². The van der Waals surface area contributed by atoms with Gasteiger partial charge in [-0.2, -0.15) is 5.10 Å². The zero-order valence-electron chi connectivity index (χ0n) is 13.5. The Morgan fingerprint density at radius 2 is 2.16 bits per heavy atom. The second-order valence-electron chi connectivity index (χ2n) is 5.40. The average Bonchev–Trinajstić information content (AvgIpc) is 2.94. The summed E-state index contributed by atoms with van der Waals surface area (Å²) in [7, 11) is 0. The highest BCUT2D eigenvalue weighted by molar-refractivity contribution is 7.21. The van der Waals surface area contributed by atoms with Crippen molar-refractivity contribution in [3.63, 3.8) is 0 Å². The summed E-state index contributed by atoms with van der Waals surface area (Å²) in [6.45, 7) is 3.80. The summed E-state index contributed by atoms with van der Waals surface area (Å²) in [6, 6.07) is 6.01. The van der Waals surface area contributed by atoms with E-state index in [9.17, 15) is 19.7 Å². The van der Waals surface area contributed by atoms with Crippen LogP contribution in [0.3, 0.4) is 0 Å². The summed E-state index contributed by atoms with van der Waals surface area (Å²) in [6.07, 6.45) is 0. The van der Waals surface area contributed by atoms with E-state index in [1.165, 1.54) is 16.8 Å². The molecule has 8 nitrogen and oxygen atoms in total. The molecule has 0 radical (unpaired) electrons. The Kier molecular flexibility index (Phi) is 4.09. The number of hydrogen-bond donors (Lipinski definition) is 1. The van der Waals surface area contributed by atoms with Crippen LogP contribution in [0.1, 0.15) is 22.2 Å². The molecule has 0 bridgehead atoms. The number of amides is 1. The molecule has 9 heteroatoms. The van der Waals surface area contributed by atoms with Crippen molar-refractivity contribution >= 4 is 33.0 Å². The first kappa shape index (κ1) is 16.8. The van der Waals surface area contributed by atoms with Gasteiger partial charge in [-0.1, -0.05) is 12.1 Å². The zero-order chi connectivity index (χ0) is 18.3. The van der Waals surface area contributed by atoms with Crippen molar-refractivity contribution in [2.24, 2.45) is 5.73 Å². The standard InChI is InChI=1S/C16H14N4O4S/c1-3-19-16(22)14-11(8(2)13(25-14)15(17)21)12(18-19)9-5-4-6-10(7-9)20(23)24/h4-7H,3H2,1-2H3,(H2,17,21). The Balaban J connectivity index is 2.44. The van der Waals surface area contributed by atoms with E-state index in [0.717, 1.165) is 11.3 Å². The van der Waals surface area contributed by atoms with Gasteiger partial charge in [-0.15, -0.1) is 11.3 Å². The van der Waals surface area contributed by atoms with Crippen molar-refractivity contribution < 1.29 is 9.72 Å². The molecule has 3 rings (SSSR count). The van der Waals surface area contributed by atoms with Crippen LogP contribution in [0.5, 0.6) is 0 Å². The van der Waals surface area contributed by atoms with Crippen LogP contribution in [-0.4, -0.2) is 20.6 Å². The molecule has 3 aromatic rings. The van der Waals surface area contributed by atoms with Gasteiger partial charge in [0.2, 0.25) is 0 Å². The van der Waals surface area contributed by atoms with Gasteiger partial charge >= 0.3 is 0 Å². The number of carbonyl (C=O) groups is 1. The molecular formula is C16H14N4O4S. The highest BCUT2D eigenvalue weighted by atomic mass is 32.1. The molecule has 0 atom stereocenters. The average molecular weight is 358 g/mol. The summed E-state index contributed by atoms with van der Waals surface area (Å²) >= 11 is 1.03. The van der Waals surface area contributed by atoms with Crippen LogP contribution in [-0.2, 0) is 6.54 Å². The number of aryl methyl sites for hydroxylation is 2. The lowest BCUT2D eigenvalue weighted by molar-refractivity contribution is -0.384. The first-order valence-corrected chi connectivity index (χ1v) is 8.25. The van der Waals surface area contributed by atoms with E-state index in [0.29, 0.717) is 33.5 Å². The molecule has 0 fully saturated rings. The van der Waals surface area contributed by atoms with Crippen LogP contribution in [0.4, 0.5) is 5.69 Å². The molecule has 0 unspecified atom stereocenters. The molecule has 0 aliphatic rings. The van der Waals surface area contributed by atoms with Crippen molar-refractivity contribution in [1.82, 2.24) is 9.78 Å². The third-order valence-electron chi connectivity index (χ3n) is 3.89. The zero-order valence-corrected chi connectivity index (χ0v) is 14.3. The van der Waals surface area contributed by atoms with Crippen LogP contribution >= 0.6 is 11.3 Å². The van der Waals surface area contributed by atoms with Crippen LogP contribution in [0.15, 0.2) is 29.1 Å². The van der Waals surface area contributed by atoms with Crippen molar-refractivity contribution in [3.05, 3.63) is 55.2 Å². The Bertz CT molecular complexity index is 1080. The predicted molar refractivity (Wildman–Crippen MR) is 94.9 cm³/mol. The molecule has 0 aliphatic carbocycles. The van der Waals surface area contributed by atoms with Gasteiger partial charge in [-0.3, -0.25) is 19.7 Å². The van der Waals surface area contributed by atoms with Gasteiger partial charge in [0, 0.05) is 29.6 Å². The number of nitrogens with zero attached hydrogens (tertiary/aromatic N) is 3. The Labute approximate surface area is 145 Å². The number of primary amides is 1. The molecule has 2 aromatic heterocycles. The summed E-state index contributed by atoms with van der Waals surface area (Å²) in [4.78, 5) is 35.1. The number of aromatic nitrogens is 2. The first-order chi connectivity index (χ1) is 11.8. The second kappa shape index (κ2) is 6.10. The highest BCUT2D eigenvalue weighted by Crippen LogP contribution is 2.35. The minimum atomic E-state index is -0.619. The molecule has 0 saturated heterocycles. The number of non-ortho nitro benzene ring substituents is 1. The molecule has 1 amide bonds. The molecule has 128 valence electrons. The van der Waals surface area contributed by atoms with Gasteiger partial charge in [-0.25, -0.2) is 4.68 Å².